The van der Waals surface area contributed by atoms with Crippen molar-refractivity contribution in [1.29, 1.82) is 0 Å². The van der Waals surface area contributed by atoms with Crippen LogP contribution in [0.4, 0.5) is 0 Å². The minimum atomic E-state index is -0.484. The second kappa shape index (κ2) is 10.6. The van der Waals surface area contributed by atoms with E-state index in [1.165, 1.54) is 0 Å². The standard InChI is InChI=1S/C34H30O8/c1-37-26-15-22-23(16-27(26)38-2)32(42-34(36)29(20-10-6-7-11-20)19-8-4-3-5-9-19)24-17-39-33(35)31(24)30(22)21-12-13-25-28(14-21)41-18-40-25/h3-5,8-9,12-16,20,29H,6-7,10-11,17-18H2,1-2H3. The molecule has 0 N–H and O–H groups in total. The molecule has 214 valence electrons. The molecule has 0 amide bonds. The number of ether oxygens (including phenoxy) is 6. The van der Waals surface area contributed by atoms with Crippen molar-refractivity contribution >= 4 is 22.7 Å². The Morgan fingerprint density at radius 1 is 0.833 bits per heavy atom. The monoisotopic (exact) mass is 566 g/mol. The normalized spacial score (nSPS) is 16.3. The Morgan fingerprint density at radius 2 is 1.55 bits per heavy atom. The Balaban J connectivity index is 1.44. The van der Waals surface area contributed by atoms with Crippen LogP contribution in [0.25, 0.3) is 21.9 Å². The minimum Gasteiger partial charge on any atom is -0.493 e. The number of hydrogen-bond acceptors (Lipinski definition) is 8. The summed E-state index contributed by atoms with van der Waals surface area (Å²) in [6, 6.07) is 18.9. The molecule has 2 heterocycles. The molecule has 0 spiro atoms. The molecule has 0 radical (unpaired) electrons. The van der Waals surface area contributed by atoms with Crippen LogP contribution in [0.2, 0.25) is 0 Å². The molecule has 8 heteroatoms. The Kier molecular flexibility index (Phi) is 6.61. The first-order valence-corrected chi connectivity index (χ1v) is 14.2. The predicted octanol–water partition coefficient (Wildman–Crippen LogP) is 6.80. The summed E-state index contributed by atoms with van der Waals surface area (Å²) in [6.07, 6.45) is 4.10. The Bertz CT molecular complexity index is 1700. The van der Waals surface area contributed by atoms with E-state index in [1.807, 2.05) is 54.6 Å². The molecule has 1 aliphatic carbocycles. The van der Waals surface area contributed by atoms with Gasteiger partial charge in [0.25, 0.3) is 0 Å². The van der Waals surface area contributed by atoms with E-state index < -0.39 is 11.9 Å². The Hall–Kier alpha value is -4.72. The van der Waals surface area contributed by atoms with Gasteiger partial charge in [-0.1, -0.05) is 49.2 Å². The van der Waals surface area contributed by atoms with Crippen LogP contribution in [0, 0.1) is 5.92 Å². The number of esters is 2. The molecule has 1 atom stereocenters. The Labute approximate surface area is 243 Å². The number of fused-ring (bicyclic) bond motifs is 3. The molecule has 8 nitrogen and oxygen atoms in total. The number of carbonyl (C=O) groups excluding carboxylic acids is 2. The lowest BCUT2D eigenvalue weighted by Crippen LogP contribution is -2.25. The zero-order chi connectivity index (χ0) is 28.8. The summed E-state index contributed by atoms with van der Waals surface area (Å²) in [5, 5.41) is 1.27. The van der Waals surface area contributed by atoms with Crippen LogP contribution in [0.1, 0.15) is 53.1 Å². The highest BCUT2D eigenvalue weighted by Crippen LogP contribution is 2.50. The van der Waals surface area contributed by atoms with Crippen molar-refractivity contribution in [3.05, 3.63) is 77.4 Å². The first-order valence-electron chi connectivity index (χ1n) is 14.2. The summed E-state index contributed by atoms with van der Waals surface area (Å²) in [5.41, 5.74) is 3.18. The van der Waals surface area contributed by atoms with E-state index in [4.69, 9.17) is 28.4 Å². The van der Waals surface area contributed by atoms with Crippen LogP contribution in [0.5, 0.6) is 28.7 Å². The van der Waals surface area contributed by atoms with Gasteiger partial charge in [-0.3, -0.25) is 4.79 Å². The molecular weight excluding hydrogens is 536 g/mol. The highest BCUT2D eigenvalue weighted by Gasteiger charge is 2.37. The van der Waals surface area contributed by atoms with E-state index in [0.29, 0.717) is 56.2 Å². The summed E-state index contributed by atoms with van der Waals surface area (Å²) in [7, 11) is 3.11. The van der Waals surface area contributed by atoms with Crippen LogP contribution < -0.4 is 23.7 Å². The maximum atomic E-state index is 14.2. The SMILES string of the molecule is COc1cc2c(OC(=O)C(c3ccccc3)C3CCCC3)c3c(c(-c4ccc5c(c4)OCO5)c2cc1OC)C(=O)OC3. The lowest BCUT2D eigenvalue weighted by atomic mass is 9.84. The van der Waals surface area contributed by atoms with E-state index in [9.17, 15) is 9.59 Å². The Morgan fingerprint density at radius 3 is 2.29 bits per heavy atom. The molecule has 7 rings (SSSR count). The largest absolute Gasteiger partial charge is 0.493 e. The fraction of sp³-hybridized carbons (Fsp3) is 0.294. The van der Waals surface area contributed by atoms with Gasteiger partial charge in [0.2, 0.25) is 6.79 Å². The number of methoxy groups -OCH3 is 2. The third kappa shape index (κ3) is 4.29. The molecule has 2 aliphatic heterocycles. The van der Waals surface area contributed by atoms with Crippen molar-refractivity contribution in [2.45, 2.75) is 38.2 Å². The summed E-state index contributed by atoms with van der Waals surface area (Å²) in [6.45, 7) is 0.112. The van der Waals surface area contributed by atoms with Gasteiger partial charge in [-0.2, -0.15) is 0 Å². The van der Waals surface area contributed by atoms with Gasteiger partial charge in [0.1, 0.15) is 12.4 Å². The van der Waals surface area contributed by atoms with Crippen molar-refractivity contribution in [3.8, 4) is 39.9 Å². The van der Waals surface area contributed by atoms with Gasteiger partial charge >= 0.3 is 11.9 Å². The van der Waals surface area contributed by atoms with Crippen molar-refractivity contribution in [1.82, 2.24) is 0 Å². The molecule has 1 fully saturated rings. The number of benzene rings is 4. The second-order valence-electron chi connectivity index (χ2n) is 10.8. The van der Waals surface area contributed by atoms with Gasteiger partial charge in [0.15, 0.2) is 23.0 Å². The second-order valence-corrected chi connectivity index (χ2v) is 10.8. The molecule has 42 heavy (non-hydrogen) atoms. The number of hydrogen-bond donors (Lipinski definition) is 0. The van der Waals surface area contributed by atoms with Crippen molar-refractivity contribution in [2.75, 3.05) is 21.0 Å². The molecule has 0 bridgehead atoms. The van der Waals surface area contributed by atoms with Crippen molar-refractivity contribution in [2.24, 2.45) is 5.92 Å². The first-order chi connectivity index (χ1) is 20.6. The van der Waals surface area contributed by atoms with Crippen LogP contribution >= 0.6 is 0 Å². The van der Waals surface area contributed by atoms with Crippen LogP contribution in [-0.2, 0) is 16.1 Å². The minimum absolute atomic E-state index is 0.0158. The lowest BCUT2D eigenvalue weighted by molar-refractivity contribution is -0.137. The van der Waals surface area contributed by atoms with E-state index in [1.54, 1.807) is 20.3 Å². The lowest BCUT2D eigenvalue weighted by Gasteiger charge is -2.24. The maximum absolute atomic E-state index is 14.2. The molecule has 0 saturated heterocycles. The molecule has 0 aromatic heterocycles. The number of cyclic esters (lactones) is 1. The van der Waals surface area contributed by atoms with Gasteiger partial charge in [-0.25, -0.2) is 4.79 Å². The van der Waals surface area contributed by atoms with Crippen molar-refractivity contribution < 1.29 is 38.0 Å². The third-order valence-corrected chi connectivity index (χ3v) is 8.56. The summed E-state index contributed by atoms with van der Waals surface area (Å²) >= 11 is 0. The van der Waals surface area contributed by atoms with Crippen LogP contribution in [0.3, 0.4) is 0 Å². The fourth-order valence-electron chi connectivity index (χ4n) is 6.59. The topological polar surface area (TPSA) is 89.5 Å². The molecule has 3 aliphatic rings. The molecular formula is C34H30O8. The van der Waals surface area contributed by atoms with Gasteiger partial charge in [0, 0.05) is 16.5 Å². The van der Waals surface area contributed by atoms with Crippen molar-refractivity contribution in [3.63, 3.8) is 0 Å². The van der Waals surface area contributed by atoms with Gasteiger partial charge in [0.05, 0.1) is 25.7 Å². The van der Waals surface area contributed by atoms with Gasteiger partial charge in [-0.15, -0.1) is 0 Å². The maximum Gasteiger partial charge on any atom is 0.339 e. The smallest absolute Gasteiger partial charge is 0.339 e. The average molecular weight is 567 g/mol. The van der Waals surface area contributed by atoms with Crippen LogP contribution in [-0.4, -0.2) is 33.0 Å². The third-order valence-electron chi connectivity index (χ3n) is 8.56. The highest BCUT2D eigenvalue weighted by atomic mass is 16.7. The fourth-order valence-corrected chi connectivity index (χ4v) is 6.59. The highest BCUT2D eigenvalue weighted by molar-refractivity contribution is 6.14. The van der Waals surface area contributed by atoms with Gasteiger partial charge < -0.3 is 28.4 Å². The van der Waals surface area contributed by atoms with E-state index in [0.717, 1.165) is 36.8 Å². The van der Waals surface area contributed by atoms with E-state index in [-0.39, 0.29) is 25.3 Å². The quantitative estimate of drug-likeness (QED) is 0.178. The number of carbonyl (C=O) groups is 2. The summed E-state index contributed by atoms with van der Waals surface area (Å²) in [5.74, 6) is 1.39. The van der Waals surface area contributed by atoms with E-state index >= 15 is 0 Å². The average Bonchev–Trinajstić information content (AvgIpc) is 3.79. The molecule has 4 aromatic carbocycles. The zero-order valence-electron chi connectivity index (χ0n) is 23.4. The van der Waals surface area contributed by atoms with Crippen LogP contribution in [0.15, 0.2) is 60.7 Å². The predicted molar refractivity (Wildman–Crippen MR) is 155 cm³/mol. The summed E-state index contributed by atoms with van der Waals surface area (Å²) in [4.78, 5) is 27.5. The first kappa shape index (κ1) is 26.2. The molecule has 4 aromatic rings. The van der Waals surface area contributed by atoms with E-state index in [2.05, 4.69) is 0 Å². The molecule has 1 saturated carbocycles. The molecule has 1 unspecified atom stereocenters. The number of rotatable bonds is 7. The zero-order valence-corrected chi connectivity index (χ0v) is 23.4. The summed E-state index contributed by atoms with van der Waals surface area (Å²) < 4.78 is 34.4. The van der Waals surface area contributed by atoms with Gasteiger partial charge in [-0.05, 0) is 59.5 Å².